The summed E-state index contributed by atoms with van der Waals surface area (Å²) in [5.41, 5.74) is 1.70. The number of anilines is 1. The van der Waals surface area contributed by atoms with Gasteiger partial charge in [-0.2, -0.15) is 0 Å². The molecule has 0 aliphatic rings. The van der Waals surface area contributed by atoms with Crippen LogP contribution in [0.5, 0.6) is 5.75 Å². The average molecular weight is 504 g/mol. The molecule has 170 valence electrons. The summed E-state index contributed by atoms with van der Waals surface area (Å²) in [7, 11) is 0. The van der Waals surface area contributed by atoms with Crippen LogP contribution in [-0.2, 0) is 17.9 Å². The number of hydrogen-bond acceptors (Lipinski definition) is 7. The van der Waals surface area contributed by atoms with E-state index in [0.29, 0.717) is 33.4 Å². The van der Waals surface area contributed by atoms with Crippen molar-refractivity contribution in [3.63, 3.8) is 0 Å². The molecule has 2 heterocycles. The molecule has 4 aromatic rings. The predicted molar refractivity (Wildman–Crippen MR) is 128 cm³/mol. The first-order chi connectivity index (χ1) is 16.0. The van der Waals surface area contributed by atoms with Crippen LogP contribution in [0.15, 0.2) is 59.1 Å². The number of nitrogens with zero attached hydrogens (tertiary/aromatic N) is 4. The maximum atomic E-state index is 13.0. The normalized spacial score (nSPS) is 10.9. The number of amides is 1. The zero-order valence-electron chi connectivity index (χ0n) is 17.5. The lowest BCUT2D eigenvalue weighted by Gasteiger charge is -2.08. The van der Waals surface area contributed by atoms with Gasteiger partial charge in [-0.05, 0) is 43.3 Å². The second-order valence-corrected chi connectivity index (χ2v) is 9.00. The summed E-state index contributed by atoms with van der Waals surface area (Å²) in [6.45, 7) is 2.77. The van der Waals surface area contributed by atoms with Gasteiger partial charge in [0.15, 0.2) is 16.1 Å². The van der Waals surface area contributed by atoms with Crippen LogP contribution in [0.3, 0.4) is 0 Å². The number of rotatable bonds is 9. The number of aromatic nitrogens is 4. The third-order valence-corrected chi connectivity index (χ3v) is 6.49. The number of ether oxygens (including phenoxy) is 1. The summed E-state index contributed by atoms with van der Waals surface area (Å²) < 4.78 is 20.6. The molecule has 0 fully saturated rings. The van der Waals surface area contributed by atoms with Gasteiger partial charge >= 0.3 is 0 Å². The summed E-state index contributed by atoms with van der Waals surface area (Å²) in [6, 6.07) is 13.1. The molecule has 11 heteroatoms. The van der Waals surface area contributed by atoms with Crippen LogP contribution in [0.2, 0.25) is 5.02 Å². The van der Waals surface area contributed by atoms with Gasteiger partial charge in [-0.1, -0.05) is 35.5 Å². The Kier molecular flexibility index (Phi) is 7.58. The largest absolute Gasteiger partial charge is 0.486 e. The number of nitrogens with one attached hydrogen (secondary N) is 1. The van der Waals surface area contributed by atoms with Gasteiger partial charge in [-0.15, -0.1) is 21.5 Å². The van der Waals surface area contributed by atoms with Crippen molar-refractivity contribution in [3.05, 3.63) is 70.6 Å². The number of halogens is 2. The van der Waals surface area contributed by atoms with Crippen LogP contribution in [0.4, 0.5) is 9.52 Å². The van der Waals surface area contributed by atoms with E-state index in [9.17, 15) is 9.18 Å². The molecule has 0 bridgehead atoms. The lowest BCUT2D eigenvalue weighted by atomic mass is 10.2. The number of thioether (sulfide) groups is 1. The first kappa shape index (κ1) is 23.2. The van der Waals surface area contributed by atoms with E-state index in [0.717, 1.165) is 11.3 Å². The minimum atomic E-state index is -0.324. The minimum Gasteiger partial charge on any atom is -0.486 e. The molecule has 0 radical (unpaired) electrons. The average Bonchev–Trinajstić information content (AvgIpc) is 3.44. The van der Waals surface area contributed by atoms with Crippen molar-refractivity contribution in [2.24, 2.45) is 0 Å². The van der Waals surface area contributed by atoms with Gasteiger partial charge in [0.25, 0.3) is 0 Å². The lowest BCUT2D eigenvalue weighted by Crippen LogP contribution is -2.14. The van der Waals surface area contributed by atoms with E-state index in [1.165, 1.54) is 35.2 Å². The zero-order chi connectivity index (χ0) is 23.2. The third kappa shape index (κ3) is 6.10. The molecule has 0 saturated carbocycles. The van der Waals surface area contributed by atoms with Gasteiger partial charge in [0.2, 0.25) is 5.91 Å². The molecule has 0 saturated heterocycles. The quantitative estimate of drug-likeness (QED) is 0.303. The van der Waals surface area contributed by atoms with E-state index in [-0.39, 0.29) is 24.1 Å². The Labute approximate surface area is 203 Å². The fourth-order valence-electron chi connectivity index (χ4n) is 2.90. The highest BCUT2D eigenvalue weighted by atomic mass is 35.5. The molecule has 1 amide bonds. The summed E-state index contributed by atoms with van der Waals surface area (Å²) in [6.07, 6.45) is 0. The van der Waals surface area contributed by atoms with Gasteiger partial charge in [0, 0.05) is 22.5 Å². The van der Waals surface area contributed by atoms with Gasteiger partial charge < -0.3 is 14.6 Å². The van der Waals surface area contributed by atoms with Crippen molar-refractivity contribution in [2.45, 2.75) is 25.2 Å². The topological polar surface area (TPSA) is 81.9 Å². The Morgan fingerprint density at radius 1 is 1.18 bits per heavy atom. The zero-order valence-corrected chi connectivity index (χ0v) is 19.9. The van der Waals surface area contributed by atoms with Gasteiger partial charge in [-0.25, -0.2) is 9.37 Å². The Balaban J connectivity index is 1.32. The molecule has 0 aliphatic heterocycles. The van der Waals surface area contributed by atoms with Crippen molar-refractivity contribution < 1.29 is 13.9 Å². The molecule has 0 spiro atoms. The number of carbonyl (C=O) groups excluding carboxylic acids is 1. The van der Waals surface area contributed by atoms with Gasteiger partial charge in [0.05, 0.1) is 11.4 Å². The fraction of sp³-hybridized carbons (Fsp3) is 0.182. The standard InChI is InChI=1S/C22H19ClFN5O2S2/c1-2-29-19(11-31-17-9-7-16(24)8-10-17)27-28-22(29)33-13-20(30)26-21-25-18(12-32-21)14-3-5-15(23)6-4-14/h3-10,12H,2,11,13H2,1H3,(H,25,26,30). The fourth-order valence-corrected chi connectivity index (χ4v) is 4.58. The van der Waals surface area contributed by atoms with E-state index < -0.39 is 0 Å². The minimum absolute atomic E-state index is 0.160. The smallest absolute Gasteiger partial charge is 0.236 e. The van der Waals surface area contributed by atoms with Gasteiger partial charge in [-0.3, -0.25) is 4.79 Å². The molecule has 7 nitrogen and oxygen atoms in total. The van der Waals surface area contributed by atoms with E-state index in [1.807, 2.05) is 29.0 Å². The molecule has 2 aromatic carbocycles. The number of benzene rings is 2. The second-order valence-electron chi connectivity index (χ2n) is 6.77. The molecule has 1 N–H and O–H groups in total. The molecule has 0 atom stereocenters. The van der Waals surface area contributed by atoms with Crippen LogP contribution in [-0.4, -0.2) is 31.4 Å². The highest BCUT2D eigenvalue weighted by Gasteiger charge is 2.15. The molecule has 4 rings (SSSR count). The first-order valence-corrected chi connectivity index (χ1v) is 12.2. The van der Waals surface area contributed by atoms with E-state index >= 15 is 0 Å². The number of hydrogen-bond donors (Lipinski definition) is 1. The highest BCUT2D eigenvalue weighted by molar-refractivity contribution is 7.99. The Bertz CT molecular complexity index is 1230. The Morgan fingerprint density at radius 2 is 1.94 bits per heavy atom. The molecule has 2 aromatic heterocycles. The van der Waals surface area contributed by atoms with Crippen molar-refractivity contribution in [2.75, 3.05) is 11.1 Å². The molecule has 33 heavy (non-hydrogen) atoms. The maximum Gasteiger partial charge on any atom is 0.236 e. The van der Waals surface area contributed by atoms with Crippen LogP contribution in [0.25, 0.3) is 11.3 Å². The Hall–Kier alpha value is -2.95. The molecule has 0 aliphatic carbocycles. The maximum absolute atomic E-state index is 13.0. The van der Waals surface area contributed by atoms with E-state index in [1.54, 1.807) is 24.3 Å². The third-order valence-electron chi connectivity index (χ3n) is 4.51. The highest BCUT2D eigenvalue weighted by Crippen LogP contribution is 2.26. The van der Waals surface area contributed by atoms with E-state index in [4.69, 9.17) is 16.3 Å². The summed E-state index contributed by atoms with van der Waals surface area (Å²) >= 11 is 8.56. The van der Waals surface area contributed by atoms with Gasteiger partial charge in [0.1, 0.15) is 18.2 Å². The first-order valence-electron chi connectivity index (χ1n) is 9.96. The molecule has 0 unspecified atom stereocenters. The van der Waals surface area contributed by atoms with Crippen LogP contribution in [0, 0.1) is 5.82 Å². The molecular formula is C22H19ClFN5O2S2. The number of carbonyl (C=O) groups is 1. The van der Waals surface area contributed by atoms with Crippen LogP contribution < -0.4 is 10.1 Å². The van der Waals surface area contributed by atoms with Crippen LogP contribution in [0.1, 0.15) is 12.7 Å². The Morgan fingerprint density at radius 3 is 2.67 bits per heavy atom. The predicted octanol–water partition coefficient (Wildman–Crippen LogP) is 5.52. The van der Waals surface area contributed by atoms with Crippen LogP contribution >= 0.6 is 34.7 Å². The summed E-state index contributed by atoms with van der Waals surface area (Å²) in [5.74, 6) is 0.809. The SMILES string of the molecule is CCn1c(COc2ccc(F)cc2)nnc1SCC(=O)Nc1nc(-c2ccc(Cl)cc2)cs1. The van der Waals surface area contributed by atoms with Crippen molar-refractivity contribution in [1.29, 1.82) is 0 Å². The van der Waals surface area contributed by atoms with Crippen molar-refractivity contribution in [3.8, 4) is 17.0 Å². The second kappa shape index (κ2) is 10.8. The lowest BCUT2D eigenvalue weighted by molar-refractivity contribution is -0.113. The van der Waals surface area contributed by atoms with Crippen molar-refractivity contribution >= 4 is 45.7 Å². The van der Waals surface area contributed by atoms with E-state index in [2.05, 4.69) is 20.5 Å². The molecular weight excluding hydrogens is 485 g/mol. The summed E-state index contributed by atoms with van der Waals surface area (Å²) in [4.78, 5) is 16.9. The monoisotopic (exact) mass is 503 g/mol. The number of thiazole rings is 1. The summed E-state index contributed by atoms with van der Waals surface area (Å²) in [5, 5.41) is 14.8. The van der Waals surface area contributed by atoms with Crippen molar-refractivity contribution in [1.82, 2.24) is 19.7 Å².